The van der Waals surface area contributed by atoms with Crippen LogP contribution in [-0.4, -0.2) is 16.9 Å². The number of hydrogen-bond acceptors (Lipinski definition) is 3. The van der Waals surface area contributed by atoms with Crippen molar-refractivity contribution in [2.45, 2.75) is 45.1 Å². The molecular formula is C17H22N2OS. The largest absolute Gasteiger partial charge is 0.349 e. The van der Waals surface area contributed by atoms with Gasteiger partial charge in [0.15, 0.2) is 0 Å². The third-order valence-electron chi connectivity index (χ3n) is 5.58. The maximum Gasteiger partial charge on any atom is 0.244 e. The fourth-order valence-corrected chi connectivity index (χ4v) is 5.57. The zero-order valence-corrected chi connectivity index (χ0v) is 13.2. The summed E-state index contributed by atoms with van der Waals surface area (Å²) in [7, 11) is 0. The molecule has 1 N–H and O–H groups in total. The summed E-state index contributed by atoms with van der Waals surface area (Å²) in [6, 6.07) is 0.423. The van der Waals surface area contributed by atoms with Crippen molar-refractivity contribution < 1.29 is 4.79 Å². The highest BCUT2D eigenvalue weighted by atomic mass is 32.1. The molecule has 0 spiro atoms. The van der Waals surface area contributed by atoms with Crippen molar-refractivity contribution in [3.8, 4) is 0 Å². The number of amides is 1. The average Bonchev–Trinajstić information content (AvgIpc) is 2.85. The molecule has 4 bridgehead atoms. The number of aryl methyl sites for hydroxylation is 1. The van der Waals surface area contributed by atoms with Crippen LogP contribution >= 0.6 is 11.3 Å². The highest BCUT2D eigenvalue weighted by Crippen LogP contribution is 2.53. The first-order valence-electron chi connectivity index (χ1n) is 8.08. The van der Waals surface area contributed by atoms with Gasteiger partial charge in [-0.15, -0.1) is 11.3 Å². The van der Waals surface area contributed by atoms with E-state index in [4.69, 9.17) is 0 Å². The molecule has 4 fully saturated rings. The van der Waals surface area contributed by atoms with Gasteiger partial charge in [-0.25, -0.2) is 4.98 Å². The zero-order chi connectivity index (χ0) is 14.4. The Morgan fingerprint density at radius 1 is 1.24 bits per heavy atom. The van der Waals surface area contributed by atoms with Crippen LogP contribution in [0.2, 0.25) is 0 Å². The Morgan fingerprint density at radius 3 is 2.48 bits per heavy atom. The van der Waals surface area contributed by atoms with E-state index in [2.05, 4.69) is 10.3 Å². The lowest BCUT2D eigenvalue weighted by molar-refractivity contribution is -0.120. The molecule has 0 radical (unpaired) electrons. The minimum Gasteiger partial charge on any atom is -0.349 e. The summed E-state index contributed by atoms with van der Waals surface area (Å²) < 4.78 is 0. The Kier molecular flexibility index (Phi) is 3.37. The van der Waals surface area contributed by atoms with Gasteiger partial charge in [-0.2, -0.15) is 0 Å². The monoisotopic (exact) mass is 302 g/mol. The fraction of sp³-hybridized carbons (Fsp3) is 0.647. The Bertz CT molecular complexity index is 549. The molecule has 4 aliphatic carbocycles. The van der Waals surface area contributed by atoms with E-state index in [9.17, 15) is 4.79 Å². The molecule has 0 saturated heterocycles. The van der Waals surface area contributed by atoms with E-state index in [-0.39, 0.29) is 5.91 Å². The van der Waals surface area contributed by atoms with Crippen molar-refractivity contribution in [1.82, 2.24) is 10.3 Å². The van der Waals surface area contributed by atoms with Crippen LogP contribution in [0.3, 0.4) is 0 Å². The summed E-state index contributed by atoms with van der Waals surface area (Å²) >= 11 is 1.62. The maximum atomic E-state index is 12.2. The first kappa shape index (κ1) is 13.5. The number of carbonyl (C=O) groups is 1. The predicted molar refractivity (Wildman–Crippen MR) is 84.9 cm³/mol. The molecule has 1 amide bonds. The van der Waals surface area contributed by atoms with Crippen LogP contribution in [-0.2, 0) is 4.79 Å². The Labute approximate surface area is 129 Å². The van der Waals surface area contributed by atoms with E-state index >= 15 is 0 Å². The summed E-state index contributed by atoms with van der Waals surface area (Å²) in [5.74, 6) is 3.43. The minimum atomic E-state index is 0.0538. The first-order chi connectivity index (χ1) is 10.2. The van der Waals surface area contributed by atoms with Crippen molar-refractivity contribution in [3.63, 3.8) is 0 Å². The lowest BCUT2D eigenvalue weighted by Crippen LogP contribution is -2.55. The van der Waals surface area contributed by atoms with Crippen molar-refractivity contribution >= 4 is 23.3 Å². The van der Waals surface area contributed by atoms with E-state index < -0.39 is 0 Å². The molecule has 21 heavy (non-hydrogen) atoms. The van der Waals surface area contributed by atoms with Crippen LogP contribution in [0.25, 0.3) is 6.08 Å². The quantitative estimate of drug-likeness (QED) is 0.869. The van der Waals surface area contributed by atoms with E-state index in [1.165, 1.54) is 32.1 Å². The lowest BCUT2D eigenvalue weighted by atomic mass is 9.54. The molecule has 4 saturated carbocycles. The normalized spacial score (nSPS) is 37.3. The highest BCUT2D eigenvalue weighted by molar-refractivity contribution is 7.09. The topological polar surface area (TPSA) is 42.0 Å². The maximum absolute atomic E-state index is 12.2. The molecule has 0 aliphatic heterocycles. The molecule has 0 atom stereocenters. The predicted octanol–water partition coefficient (Wildman–Crippen LogP) is 3.41. The molecule has 0 aromatic carbocycles. The molecule has 3 nitrogen and oxygen atoms in total. The van der Waals surface area contributed by atoms with Gasteiger partial charge in [-0.05, 0) is 68.8 Å². The minimum absolute atomic E-state index is 0.0538. The van der Waals surface area contributed by atoms with Gasteiger partial charge in [-0.3, -0.25) is 4.79 Å². The van der Waals surface area contributed by atoms with Crippen LogP contribution in [0.1, 0.15) is 42.8 Å². The van der Waals surface area contributed by atoms with Gasteiger partial charge in [0.25, 0.3) is 0 Å². The number of nitrogens with one attached hydrogen (secondary N) is 1. The Hall–Kier alpha value is -1.16. The van der Waals surface area contributed by atoms with E-state index in [1.54, 1.807) is 17.4 Å². The van der Waals surface area contributed by atoms with E-state index in [0.717, 1.165) is 34.4 Å². The fourth-order valence-electron chi connectivity index (χ4n) is 4.99. The van der Waals surface area contributed by atoms with Gasteiger partial charge >= 0.3 is 0 Å². The van der Waals surface area contributed by atoms with Crippen LogP contribution in [0.15, 0.2) is 11.5 Å². The molecule has 5 rings (SSSR count). The third-order valence-corrected chi connectivity index (χ3v) is 6.37. The number of aromatic nitrogens is 1. The van der Waals surface area contributed by atoms with Crippen LogP contribution < -0.4 is 5.32 Å². The van der Waals surface area contributed by atoms with Gasteiger partial charge in [0, 0.05) is 17.5 Å². The second-order valence-electron chi connectivity index (χ2n) is 7.09. The van der Waals surface area contributed by atoms with Gasteiger partial charge in [0.05, 0.1) is 10.7 Å². The Balaban J connectivity index is 1.39. The number of thiazole rings is 1. The molecular weight excluding hydrogens is 280 g/mol. The van der Waals surface area contributed by atoms with Crippen molar-refractivity contribution in [2.75, 3.05) is 0 Å². The summed E-state index contributed by atoms with van der Waals surface area (Å²) in [5, 5.41) is 6.32. The second-order valence-corrected chi connectivity index (χ2v) is 8.15. The number of hydrogen-bond donors (Lipinski definition) is 1. The molecule has 4 heteroatoms. The van der Waals surface area contributed by atoms with E-state index in [1.807, 2.05) is 18.4 Å². The van der Waals surface area contributed by atoms with E-state index in [0.29, 0.717) is 6.04 Å². The lowest BCUT2D eigenvalue weighted by Gasteiger charge is -2.54. The highest BCUT2D eigenvalue weighted by Gasteiger charge is 2.48. The molecule has 1 aromatic heterocycles. The average molecular weight is 302 g/mol. The number of rotatable bonds is 3. The van der Waals surface area contributed by atoms with Crippen LogP contribution in [0.5, 0.6) is 0 Å². The van der Waals surface area contributed by atoms with Crippen molar-refractivity contribution in [1.29, 1.82) is 0 Å². The van der Waals surface area contributed by atoms with Gasteiger partial charge < -0.3 is 5.32 Å². The summed E-state index contributed by atoms with van der Waals surface area (Å²) in [6.07, 6.45) is 10.3. The summed E-state index contributed by atoms with van der Waals surface area (Å²) in [4.78, 5) is 16.5. The standard InChI is InChI=1S/C17H22N2OS/c1-10-18-15(9-21-10)2-3-16(20)19-17-13-5-11-4-12(7-13)8-14(17)6-11/h2-3,9,11-14,17H,4-8H2,1H3,(H,19,20)/b3-2+. The third kappa shape index (κ3) is 2.66. The summed E-state index contributed by atoms with van der Waals surface area (Å²) in [5.41, 5.74) is 0.887. The van der Waals surface area contributed by atoms with Gasteiger partial charge in [-0.1, -0.05) is 0 Å². The molecule has 1 aromatic rings. The van der Waals surface area contributed by atoms with Crippen molar-refractivity contribution in [2.24, 2.45) is 23.7 Å². The number of nitrogens with zero attached hydrogens (tertiary/aromatic N) is 1. The number of carbonyl (C=O) groups excluding carboxylic acids is 1. The van der Waals surface area contributed by atoms with Crippen LogP contribution in [0.4, 0.5) is 0 Å². The SMILES string of the molecule is Cc1nc(/C=C/C(=O)NC2C3CC4CC(C3)CC2C4)cs1. The molecule has 4 aliphatic rings. The molecule has 1 heterocycles. The van der Waals surface area contributed by atoms with Crippen molar-refractivity contribution in [3.05, 3.63) is 22.2 Å². The van der Waals surface area contributed by atoms with Gasteiger partial charge in [0.2, 0.25) is 5.91 Å². The Morgan fingerprint density at radius 2 is 1.90 bits per heavy atom. The first-order valence-corrected chi connectivity index (χ1v) is 8.96. The molecule has 112 valence electrons. The molecule has 0 unspecified atom stereocenters. The summed E-state index contributed by atoms with van der Waals surface area (Å²) in [6.45, 7) is 1.98. The second kappa shape index (κ2) is 5.24. The zero-order valence-electron chi connectivity index (χ0n) is 12.4. The van der Waals surface area contributed by atoms with Gasteiger partial charge in [0.1, 0.15) is 0 Å². The smallest absolute Gasteiger partial charge is 0.244 e. The van der Waals surface area contributed by atoms with Crippen LogP contribution in [0, 0.1) is 30.6 Å².